The average Bonchev–Trinajstić information content (AvgIpc) is 1.43. The van der Waals surface area contributed by atoms with Gasteiger partial charge in [-0.2, -0.15) is 0 Å². The van der Waals surface area contributed by atoms with Gasteiger partial charge in [-0.05, 0) is 205 Å². The first-order valence-corrected chi connectivity index (χ1v) is 29.6. The van der Waals surface area contributed by atoms with Gasteiger partial charge in [0.15, 0.2) is 0 Å². The second kappa shape index (κ2) is 18.1. The van der Waals surface area contributed by atoms with Gasteiger partial charge in [0, 0.05) is 45.0 Å². The predicted octanol–water partition coefficient (Wildman–Crippen LogP) is 22.8. The summed E-state index contributed by atoms with van der Waals surface area (Å²) in [7, 11) is 0. The van der Waals surface area contributed by atoms with Crippen LogP contribution in [-0.4, -0.2) is 0 Å². The fraction of sp³-hybridized carbons (Fsp3) is 0.0732. The molecule has 0 radical (unpaired) electrons. The van der Waals surface area contributed by atoms with Crippen LogP contribution in [0.1, 0.15) is 49.9 Å². The van der Waals surface area contributed by atoms with Crippen molar-refractivity contribution in [1.29, 1.82) is 0 Å². The van der Waals surface area contributed by atoms with Crippen molar-refractivity contribution in [2.75, 3.05) is 9.80 Å². The van der Waals surface area contributed by atoms with Crippen LogP contribution in [0.4, 0.5) is 34.1 Å². The lowest BCUT2D eigenvalue weighted by atomic mass is 9.80. The van der Waals surface area contributed by atoms with E-state index in [0.717, 1.165) is 34.1 Å². The Morgan fingerprint density at radius 3 is 1.35 bits per heavy atom. The molecule has 17 rings (SSSR count). The van der Waals surface area contributed by atoms with Crippen LogP contribution in [0.2, 0.25) is 0 Å². The zero-order valence-corrected chi connectivity index (χ0v) is 47.5. The van der Waals surface area contributed by atoms with Gasteiger partial charge in [-0.15, -0.1) is 0 Å². The summed E-state index contributed by atoms with van der Waals surface area (Å²) in [6.45, 7) is 9.57. The molecule has 396 valence electrons. The molecule has 2 heteroatoms. The van der Waals surface area contributed by atoms with Crippen molar-refractivity contribution in [3.63, 3.8) is 0 Å². The van der Waals surface area contributed by atoms with Gasteiger partial charge in [0.05, 0.1) is 0 Å². The molecule has 0 fully saturated rings. The maximum absolute atomic E-state index is 2.49. The van der Waals surface area contributed by atoms with E-state index in [9.17, 15) is 0 Å². The molecule has 0 saturated heterocycles. The highest BCUT2D eigenvalue weighted by atomic mass is 15.1. The van der Waals surface area contributed by atoms with E-state index in [1.807, 2.05) is 0 Å². The van der Waals surface area contributed by atoms with Crippen LogP contribution in [0.25, 0.3) is 110 Å². The lowest BCUT2D eigenvalue weighted by Gasteiger charge is -2.30. The quantitative estimate of drug-likeness (QED) is 0.140. The SMILES string of the molecule is CC1(C)c2ccccc2-c2ccc(N(c3ccccc3)c3ccc4c(-c5ccccc5)c5cc(N(c6ccccc6)c6ccc7c(c6)C(C)(C)c6c-7ccc7ccccc67)ccc5c(-c5ccc6c7c(cccc57)-c5ccccc5-6)c4c3)cc21. The monoisotopic (exact) mass is 1070 g/mol. The van der Waals surface area contributed by atoms with Crippen molar-refractivity contribution < 1.29 is 0 Å². The highest BCUT2D eigenvalue weighted by molar-refractivity contribution is 6.27. The van der Waals surface area contributed by atoms with Gasteiger partial charge in [0.1, 0.15) is 0 Å². The Labute approximate surface area is 490 Å². The summed E-state index contributed by atoms with van der Waals surface area (Å²) in [4.78, 5) is 4.95. The molecule has 3 aliphatic carbocycles. The molecule has 0 aromatic heterocycles. The second-order valence-electron chi connectivity index (χ2n) is 24.3. The molecule has 3 aliphatic rings. The molecule has 0 unspecified atom stereocenters. The predicted molar refractivity (Wildman–Crippen MR) is 356 cm³/mol. The number of hydrogen-bond donors (Lipinski definition) is 0. The van der Waals surface area contributed by atoms with Crippen molar-refractivity contribution in [3.05, 3.63) is 301 Å². The number of para-hydroxylation sites is 2. The molecule has 2 nitrogen and oxygen atoms in total. The maximum atomic E-state index is 2.49. The van der Waals surface area contributed by atoms with Gasteiger partial charge in [-0.1, -0.05) is 234 Å². The molecule has 0 heterocycles. The lowest BCUT2D eigenvalue weighted by molar-refractivity contribution is 0.660. The van der Waals surface area contributed by atoms with Gasteiger partial charge in [0.2, 0.25) is 0 Å². The van der Waals surface area contributed by atoms with Crippen LogP contribution in [0.5, 0.6) is 0 Å². The Morgan fingerprint density at radius 1 is 0.238 bits per heavy atom. The first-order valence-electron chi connectivity index (χ1n) is 29.6. The summed E-state index contributed by atoms with van der Waals surface area (Å²) >= 11 is 0. The van der Waals surface area contributed by atoms with Gasteiger partial charge in [-0.25, -0.2) is 0 Å². The van der Waals surface area contributed by atoms with Crippen LogP contribution < -0.4 is 9.80 Å². The topological polar surface area (TPSA) is 6.48 Å². The summed E-state index contributed by atoms with van der Waals surface area (Å²) < 4.78 is 0. The van der Waals surface area contributed by atoms with Crippen LogP contribution in [0, 0.1) is 0 Å². The first kappa shape index (κ1) is 48.4. The van der Waals surface area contributed by atoms with E-state index in [0.29, 0.717) is 0 Å². The fourth-order valence-electron chi connectivity index (χ4n) is 15.3. The Balaban J connectivity index is 0.935. The average molecular weight is 1070 g/mol. The molecule has 14 aromatic rings. The third-order valence-electron chi connectivity index (χ3n) is 19.1. The van der Waals surface area contributed by atoms with Crippen LogP contribution in [-0.2, 0) is 10.8 Å². The minimum atomic E-state index is -0.222. The van der Waals surface area contributed by atoms with E-state index in [1.165, 1.54) is 132 Å². The maximum Gasteiger partial charge on any atom is 0.0468 e. The van der Waals surface area contributed by atoms with Crippen LogP contribution in [0.3, 0.4) is 0 Å². The minimum Gasteiger partial charge on any atom is -0.310 e. The normalized spacial score (nSPS) is 13.7. The molecule has 0 atom stereocenters. The molecule has 0 N–H and O–H groups in total. The molecule has 0 bridgehead atoms. The highest BCUT2D eigenvalue weighted by Crippen LogP contribution is 2.57. The van der Waals surface area contributed by atoms with Crippen molar-refractivity contribution >= 4 is 77.2 Å². The van der Waals surface area contributed by atoms with Crippen molar-refractivity contribution in [2.45, 2.75) is 38.5 Å². The first-order chi connectivity index (χ1) is 41.2. The molecule has 0 saturated carbocycles. The van der Waals surface area contributed by atoms with Gasteiger partial charge >= 0.3 is 0 Å². The molecule has 84 heavy (non-hydrogen) atoms. The van der Waals surface area contributed by atoms with E-state index in [1.54, 1.807) is 0 Å². The third kappa shape index (κ3) is 6.98. The molecule has 0 amide bonds. The Kier molecular flexibility index (Phi) is 10.4. The number of nitrogens with zero attached hydrogens (tertiary/aromatic N) is 2. The number of anilines is 6. The minimum absolute atomic E-state index is 0.160. The summed E-state index contributed by atoms with van der Waals surface area (Å²) in [5, 5.41) is 9.97. The van der Waals surface area contributed by atoms with Crippen molar-refractivity contribution in [2.24, 2.45) is 0 Å². The highest BCUT2D eigenvalue weighted by Gasteiger charge is 2.39. The summed E-state index contributed by atoms with van der Waals surface area (Å²) in [6.07, 6.45) is 0. The van der Waals surface area contributed by atoms with Gasteiger partial charge in [-0.3, -0.25) is 0 Å². The van der Waals surface area contributed by atoms with E-state index < -0.39 is 0 Å². The fourth-order valence-corrected chi connectivity index (χ4v) is 15.3. The molecule has 0 spiro atoms. The molecule has 0 aliphatic heterocycles. The number of rotatable bonds is 8. The zero-order valence-electron chi connectivity index (χ0n) is 47.5. The van der Waals surface area contributed by atoms with Gasteiger partial charge in [0.25, 0.3) is 0 Å². The number of benzene rings is 14. The van der Waals surface area contributed by atoms with Gasteiger partial charge < -0.3 is 9.80 Å². The smallest absolute Gasteiger partial charge is 0.0468 e. The number of fused-ring (bicyclic) bond motifs is 13. The Hall–Kier alpha value is -10.3. The Morgan fingerprint density at radius 2 is 0.679 bits per heavy atom. The summed E-state index contributed by atoms with van der Waals surface area (Å²) in [5.41, 5.74) is 27.0. The van der Waals surface area contributed by atoms with E-state index in [4.69, 9.17) is 0 Å². The van der Waals surface area contributed by atoms with Crippen molar-refractivity contribution in [1.82, 2.24) is 0 Å². The molecular formula is C82H58N2. The van der Waals surface area contributed by atoms with Crippen LogP contribution >= 0.6 is 0 Å². The summed E-state index contributed by atoms with van der Waals surface area (Å²) in [5.74, 6) is 0. The van der Waals surface area contributed by atoms with E-state index >= 15 is 0 Å². The molecule has 14 aromatic carbocycles. The van der Waals surface area contributed by atoms with Crippen molar-refractivity contribution in [3.8, 4) is 66.8 Å². The zero-order chi connectivity index (χ0) is 56.0. The number of hydrogen-bond acceptors (Lipinski definition) is 2. The molecular weight excluding hydrogens is 1010 g/mol. The van der Waals surface area contributed by atoms with E-state index in [2.05, 4.69) is 317 Å². The lowest BCUT2D eigenvalue weighted by Crippen LogP contribution is -2.17. The third-order valence-corrected chi connectivity index (χ3v) is 19.1. The largest absolute Gasteiger partial charge is 0.310 e. The van der Waals surface area contributed by atoms with E-state index in [-0.39, 0.29) is 10.8 Å². The summed E-state index contributed by atoms with van der Waals surface area (Å²) in [6, 6.07) is 105. The Bertz CT molecular complexity index is 5040. The second-order valence-corrected chi connectivity index (χ2v) is 24.3. The standard InChI is InChI=1S/C82H58N2/c1-81(2)74-34-19-18-31-62(74)63-41-36-57(49-75(63)81)84(54-26-12-7-13-27-54)56-38-43-69-73(48-56)79(68-46-45-67-61-30-17-16-29-60(61)65-32-20-33-66(68)78(65)67)70-44-39-55(47-72(70)77(69)52-22-8-5-9-23-52)83(53-24-10-6-11-25-53)58-37-42-64-71-40-35-51-21-14-15-28-59(51)80(71)82(3,4)76(64)50-58/h5-50H,1-4H3. The van der Waals surface area contributed by atoms with Crippen LogP contribution in [0.15, 0.2) is 279 Å².